The van der Waals surface area contributed by atoms with Crippen LogP contribution in [0.1, 0.15) is 21.6 Å². The summed E-state index contributed by atoms with van der Waals surface area (Å²) in [6, 6.07) is 6.18. The molecule has 1 aromatic carbocycles. The average Bonchev–Trinajstić information content (AvgIpc) is 2.70. The molecule has 0 radical (unpaired) electrons. The highest BCUT2D eigenvalue weighted by atomic mass is 35.5. The first-order chi connectivity index (χ1) is 10.4. The number of aryl methyl sites for hydroxylation is 2. The van der Waals surface area contributed by atoms with Crippen LogP contribution >= 0.6 is 11.6 Å². The van der Waals surface area contributed by atoms with Gasteiger partial charge in [0.15, 0.2) is 0 Å². The third kappa shape index (κ3) is 3.35. The monoisotopic (exact) mass is 319 g/mol. The molecule has 22 heavy (non-hydrogen) atoms. The van der Waals surface area contributed by atoms with E-state index in [9.17, 15) is 9.59 Å². The summed E-state index contributed by atoms with van der Waals surface area (Å²) in [6.45, 7) is 1.78. The van der Waals surface area contributed by atoms with Crippen molar-refractivity contribution in [3.8, 4) is 0 Å². The number of carboxylic acids is 1. The molecule has 0 atom stereocenters. The van der Waals surface area contributed by atoms with Gasteiger partial charge in [0.05, 0.1) is 16.9 Å². The highest BCUT2D eigenvalue weighted by Crippen LogP contribution is 2.20. The van der Waals surface area contributed by atoms with Gasteiger partial charge < -0.3 is 10.4 Å². The van der Waals surface area contributed by atoms with Gasteiger partial charge in [0.2, 0.25) is 5.91 Å². The zero-order valence-corrected chi connectivity index (χ0v) is 12.8. The molecule has 0 saturated heterocycles. The van der Waals surface area contributed by atoms with Crippen LogP contribution in [0.4, 0.5) is 5.69 Å². The minimum absolute atomic E-state index is 0.0276. The van der Waals surface area contributed by atoms with Crippen LogP contribution in [0.2, 0.25) is 5.15 Å². The van der Waals surface area contributed by atoms with Gasteiger partial charge in [-0.1, -0.05) is 23.7 Å². The Kier molecular flexibility index (Phi) is 4.62. The van der Waals surface area contributed by atoms with Gasteiger partial charge in [0, 0.05) is 18.7 Å². The largest absolute Gasteiger partial charge is 0.478 e. The second-order valence-electron chi connectivity index (χ2n) is 4.59. The van der Waals surface area contributed by atoms with Gasteiger partial charge in [-0.15, -0.1) is 0 Å². The molecule has 0 unspecified atom stereocenters. The first kappa shape index (κ1) is 15.8. The molecule has 2 N–H and O–H groups in total. The molecule has 0 aliphatic heterocycles. The average molecular weight is 320 g/mol. The summed E-state index contributed by atoms with van der Waals surface area (Å²) in [5.74, 6) is -1.56. The van der Waals surface area contributed by atoms with Crippen molar-refractivity contribution in [1.29, 1.82) is 0 Å². The van der Waals surface area contributed by atoms with E-state index in [4.69, 9.17) is 16.7 Å². The van der Waals surface area contributed by atoms with Crippen LogP contribution < -0.4 is 5.32 Å². The van der Waals surface area contributed by atoms with Crippen molar-refractivity contribution in [2.45, 2.75) is 6.92 Å². The number of amides is 1. The van der Waals surface area contributed by atoms with E-state index in [-0.39, 0.29) is 11.3 Å². The van der Waals surface area contributed by atoms with Gasteiger partial charge in [-0.05, 0) is 25.1 Å². The Hall–Kier alpha value is -2.60. The van der Waals surface area contributed by atoms with Gasteiger partial charge in [0.25, 0.3) is 0 Å². The minimum Gasteiger partial charge on any atom is -0.478 e. The number of benzene rings is 1. The first-order valence-electron chi connectivity index (χ1n) is 6.40. The summed E-state index contributed by atoms with van der Waals surface area (Å²) in [4.78, 5) is 23.0. The van der Waals surface area contributed by atoms with E-state index in [0.717, 1.165) is 0 Å². The van der Waals surface area contributed by atoms with Gasteiger partial charge in [-0.2, -0.15) is 5.10 Å². The lowest BCUT2D eigenvalue weighted by Gasteiger charge is -2.05. The maximum absolute atomic E-state index is 11.9. The van der Waals surface area contributed by atoms with Gasteiger partial charge in [-0.25, -0.2) is 4.79 Å². The Labute approximate surface area is 132 Å². The molecule has 0 aliphatic rings. The highest BCUT2D eigenvalue weighted by Gasteiger charge is 2.11. The fourth-order valence-corrected chi connectivity index (χ4v) is 2.19. The normalized spacial score (nSPS) is 10.9. The van der Waals surface area contributed by atoms with E-state index < -0.39 is 11.9 Å². The molecule has 2 aromatic rings. The lowest BCUT2D eigenvalue weighted by atomic mass is 10.2. The van der Waals surface area contributed by atoms with Crippen molar-refractivity contribution in [3.05, 3.63) is 52.3 Å². The number of hydrogen-bond donors (Lipinski definition) is 2. The number of para-hydroxylation sites is 1. The van der Waals surface area contributed by atoms with Crippen LogP contribution in [-0.4, -0.2) is 26.8 Å². The molecule has 114 valence electrons. The highest BCUT2D eigenvalue weighted by molar-refractivity contribution is 6.31. The number of aromatic nitrogens is 2. The maximum Gasteiger partial charge on any atom is 0.337 e. The smallest absolute Gasteiger partial charge is 0.337 e. The molecule has 7 heteroatoms. The second-order valence-corrected chi connectivity index (χ2v) is 4.94. The Morgan fingerprint density at radius 3 is 2.64 bits per heavy atom. The number of carboxylic acid groups (broad SMARTS) is 1. The zero-order chi connectivity index (χ0) is 16.3. The predicted octanol–water partition coefficient (Wildman–Crippen LogP) is 2.73. The van der Waals surface area contributed by atoms with Crippen molar-refractivity contribution in [3.63, 3.8) is 0 Å². The van der Waals surface area contributed by atoms with Crippen LogP contribution in [0.3, 0.4) is 0 Å². The molecular weight excluding hydrogens is 306 g/mol. The van der Waals surface area contributed by atoms with Crippen molar-refractivity contribution >= 4 is 35.2 Å². The fourth-order valence-electron chi connectivity index (χ4n) is 1.95. The molecule has 0 spiro atoms. The number of hydrogen-bond acceptors (Lipinski definition) is 3. The summed E-state index contributed by atoms with van der Waals surface area (Å²) < 4.78 is 1.51. The van der Waals surface area contributed by atoms with Crippen molar-refractivity contribution in [2.75, 3.05) is 5.32 Å². The Morgan fingerprint density at radius 2 is 2.05 bits per heavy atom. The van der Waals surface area contributed by atoms with Crippen LogP contribution in [0, 0.1) is 6.92 Å². The number of nitrogens with one attached hydrogen (secondary N) is 1. The Bertz CT molecular complexity index is 765. The number of rotatable bonds is 4. The second kappa shape index (κ2) is 6.44. The molecule has 2 rings (SSSR count). The quantitative estimate of drug-likeness (QED) is 0.849. The van der Waals surface area contributed by atoms with Crippen LogP contribution in [-0.2, 0) is 11.8 Å². The van der Waals surface area contributed by atoms with Crippen molar-refractivity contribution in [1.82, 2.24) is 9.78 Å². The fraction of sp³-hybridized carbons (Fsp3) is 0.133. The molecule has 1 heterocycles. The molecule has 0 bridgehead atoms. The molecule has 1 amide bonds. The van der Waals surface area contributed by atoms with Crippen LogP contribution in [0.5, 0.6) is 0 Å². The standard InChI is InChI=1S/C15H14ClN3O3/c1-9-10(14(16)19(2)18-9)7-8-13(20)17-12-6-4-3-5-11(12)15(21)22/h3-8H,1-2H3,(H,17,20)(H,21,22)/b8-7+. The molecular formula is C15H14ClN3O3. The maximum atomic E-state index is 11.9. The molecule has 6 nitrogen and oxygen atoms in total. The van der Waals surface area contributed by atoms with Crippen molar-refractivity contribution in [2.24, 2.45) is 7.05 Å². The van der Waals surface area contributed by atoms with E-state index >= 15 is 0 Å². The predicted molar refractivity (Wildman–Crippen MR) is 84.0 cm³/mol. The van der Waals surface area contributed by atoms with Crippen LogP contribution in [0.15, 0.2) is 30.3 Å². The Morgan fingerprint density at radius 1 is 1.36 bits per heavy atom. The number of carbonyl (C=O) groups excluding carboxylic acids is 1. The number of carbonyl (C=O) groups is 2. The Balaban J connectivity index is 2.17. The molecule has 0 saturated carbocycles. The van der Waals surface area contributed by atoms with E-state index in [0.29, 0.717) is 16.4 Å². The molecule has 1 aromatic heterocycles. The summed E-state index contributed by atoms with van der Waals surface area (Å²) >= 11 is 6.06. The van der Waals surface area contributed by atoms with Crippen molar-refractivity contribution < 1.29 is 14.7 Å². The first-order valence-corrected chi connectivity index (χ1v) is 6.78. The number of halogens is 1. The van der Waals surface area contributed by atoms with Gasteiger partial charge in [-0.3, -0.25) is 9.48 Å². The summed E-state index contributed by atoms with van der Waals surface area (Å²) in [6.07, 6.45) is 2.83. The van der Waals surface area contributed by atoms with E-state index in [1.807, 2.05) is 0 Å². The van der Waals surface area contributed by atoms with Crippen LogP contribution in [0.25, 0.3) is 6.08 Å². The third-order valence-electron chi connectivity index (χ3n) is 3.01. The number of nitrogens with zero attached hydrogens (tertiary/aromatic N) is 2. The molecule has 0 aliphatic carbocycles. The molecule has 0 fully saturated rings. The summed E-state index contributed by atoms with van der Waals surface area (Å²) in [5, 5.41) is 16.2. The zero-order valence-electron chi connectivity index (χ0n) is 12.0. The minimum atomic E-state index is -1.11. The topological polar surface area (TPSA) is 84.2 Å². The third-order valence-corrected chi connectivity index (χ3v) is 3.46. The number of aromatic carboxylic acids is 1. The summed E-state index contributed by atoms with van der Waals surface area (Å²) in [5.41, 5.74) is 1.60. The summed E-state index contributed by atoms with van der Waals surface area (Å²) in [7, 11) is 1.70. The lowest BCUT2D eigenvalue weighted by Crippen LogP contribution is -2.11. The van der Waals surface area contributed by atoms with Gasteiger partial charge in [0.1, 0.15) is 5.15 Å². The van der Waals surface area contributed by atoms with E-state index in [1.165, 1.54) is 22.9 Å². The van der Waals surface area contributed by atoms with E-state index in [1.54, 1.807) is 32.2 Å². The number of anilines is 1. The SMILES string of the molecule is Cc1nn(C)c(Cl)c1/C=C/C(=O)Nc1ccccc1C(=O)O. The lowest BCUT2D eigenvalue weighted by molar-refractivity contribution is -0.111. The van der Waals surface area contributed by atoms with E-state index in [2.05, 4.69) is 10.4 Å². The van der Waals surface area contributed by atoms with Gasteiger partial charge >= 0.3 is 5.97 Å².